The molecule has 6 nitrogen and oxygen atoms in total. The average molecular weight is 288 g/mol. The van der Waals surface area contributed by atoms with Crippen LogP contribution in [0, 0.1) is 0 Å². The fourth-order valence-electron chi connectivity index (χ4n) is 1.67. The van der Waals surface area contributed by atoms with Gasteiger partial charge in [-0.1, -0.05) is 12.1 Å². The molecule has 112 valence electrons. The number of hydrogen-bond donors (Lipinski definition) is 2. The van der Waals surface area contributed by atoms with Gasteiger partial charge in [-0.15, -0.1) is 0 Å². The van der Waals surface area contributed by atoms with Crippen LogP contribution >= 0.6 is 0 Å². The number of nitrogens with one attached hydrogen (secondary N) is 1. The molecule has 0 spiro atoms. The molecule has 2 aromatic rings. The lowest BCUT2D eigenvalue weighted by atomic mass is 10.3. The Labute approximate surface area is 124 Å². The summed E-state index contributed by atoms with van der Waals surface area (Å²) in [5.74, 6) is 1.74. The number of anilines is 2. The van der Waals surface area contributed by atoms with Gasteiger partial charge in [-0.25, -0.2) is 4.98 Å². The van der Waals surface area contributed by atoms with E-state index in [1.54, 1.807) is 18.3 Å². The van der Waals surface area contributed by atoms with Crippen molar-refractivity contribution in [3.8, 4) is 11.6 Å². The monoisotopic (exact) mass is 288 g/mol. The molecular weight excluding hydrogens is 268 g/mol. The first-order valence-electron chi connectivity index (χ1n) is 6.86. The molecule has 21 heavy (non-hydrogen) atoms. The van der Waals surface area contributed by atoms with Crippen molar-refractivity contribution in [3.63, 3.8) is 0 Å². The number of nitrogens with two attached hydrogens (primary N) is 1. The molecule has 1 aromatic carbocycles. The maximum atomic E-state index is 5.79. The van der Waals surface area contributed by atoms with Gasteiger partial charge in [0.1, 0.15) is 12.4 Å². The van der Waals surface area contributed by atoms with Crippen molar-refractivity contribution in [1.82, 2.24) is 9.97 Å². The summed E-state index contributed by atoms with van der Waals surface area (Å²) in [6.07, 6.45) is 1.74. The van der Waals surface area contributed by atoms with E-state index in [0.29, 0.717) is 36.4 Å². The summed E-state index contributed by atoms with van der Waals surface area (Å²) in [6.45, 7) is 4.94. The van der Waals surface area contributed by atoms with Crippen LogP contribution in [0.3, 0.4) is 0 Å². The molecule has 0 aliphatic rings. The molecule has 0 unspecified atom stereocenters. The molecule has 0 aliphatic heterocycles. The Balaban J connectivity index is 1.80. The van der Waals surface area contributed by atoms with Crippen LogP contribution in [0.25, 0.3) is 0 Å². The molecule has 0 radical (unpaired) electrons. The van der Waals surface area contributed by atoms with E-state index in [9.17, 15) is 0 Å². The largest absolute Gasteiger partial charge is 0.490 e. The predicted molar refractivity (Wildman–Crippen MR) is 82.6 cm³/mol. The van der Waals surface area contributed by atoms with Crippen molar-refractivity contribution >= 4 is 11.6 Å². The number of aromatic nitrogens is 2. The SMILES string of the molecule is CC(C)Oc1ccnc(NCCOc2ccccc2N)n1. The number of nitrogens with zero attached hydrogens (tertiary/aromatic N) is 2. The summed E-state index contributed by atoms with van der Waals surface area (Å²) in [4.78, 5) is 8.38. The fraction of sp³-hybridized carbons (Fsp3) is 0.333. The van der Waals surface area contributed by atoms with Crippen molar-refractivity contribution in [1.29, 1.82) is 0 Å². The van der Waals surface area contributed by atoms with Gasteiger partial charge in [-0.3, -0.25) is 0 Å². The summed E-state index contributed by atoms with van der Waals surface area (Å²) in [5.41, 5.74) is 6.42. The Kier molecular flexibility index (Phi) is 5.20. The molecule has 0 amide bonds. The zero-order valence-electron chi connectivity index (χ0n) is 12.2. The number of ether oxygens (including phenoxy) is 2. The molecule has 0 fully saturated rings. The summed E-state index contributed by atoms with van der Waals surface area (Å²) in [5, 5.41) is 3.08. The van der Waals surface area contributed by atoms with Gasteiger partial charge in [-0.2, -0.15) is 4.98 Å². The highest BCUT2D eigenvalue weighted by molar-refractivity contribution is 5.51. The Morgan fingerprint density at radius 2 is 2.05 bits per heavy atom. The minimum Gasteiger partial charge on any atom is -0.490 e. The maximum absolute atomic E-state index is 5.79. The van der Waals surface area contributed by atoms with Gasteiger partial charge in [0.15, 0.2) is 0 Å². The van der Waals surface area contributed by atoms with Crippen LogP contribution in [0.1, 0.15) is 13.8 Å². The molecule has 0 aliphatic carbocycles. The van der Waals surface area contributed by atoms with Gasteiger partial charge < -0.3 is 20.5 Å². The van der Waals surface area contributed by atoms with Crippen molar-refractivity contribution in [2.45, 2.75) is 20.0 Å². The molecule has 0 saturated carbocycles. The van der Waals surface area contributed by atoms with Gasteiger partial charge in [0.2, 0.25) is 11.8 Å². The first-order valence-corrected chi connectivity index (χ1v) is 6.86. The van der Waals surface area contributed by atoms with Crippen molar-refractivity contribution in [2.75, 3.05) is 24.2 Å². The van der Waals surface area contributed by atoms with E-state index in [1.165, 1.54) is 0 Å². The quantitative estimate of drug-likeness (QED) is 0.601. The summed E-state index contributed by atoms with van der Waals surface area (Å²) in [6, 6.07) is 9.12. The minimum atomic E-state index is 0.0807. The van der Waals surface area contributed by atoms with E-state index in [4.69, 9.17) is 15.2 Å². The van der Waals surface area contributed by atoms with E-state index in [0.717, 1.165) is 0 Å². The van der Waals surface area contributed by atoms with Gasteiger partial charge >= 0.3 is 0 Å². The van der Waals surface area contributed by atoms with Crippen LogP contribution in [0.5, 0.6) is 11.6 Å². The van der Waals surface area contributed by atoms with Gasteiger partial charge in [0, 0.05) is 12.3 Å². The smallest absolute Gasteiger partial charge is 0.226 e. The Morgan fingerprint density at radius 1 is 1.24 bits per heavy atom. The Morgan fingerprint density at radius 3 is 2.81 bits per heavy atom. The highest BCUT2D eigenvalue weighted by Gasteiger charge is 2.02. The van der Waals surface area contributed by atoms with Gasteiger partial charge in [0.05, 0.1) is 18.3 Å². The lowest BCUT2D eigenvalue weighted by Gasteiger charge is -2.11. The molecule has 0 saturated heterocycles. The van der Waals surface area contributed by atoms with Crippen LogP contribution in [0.15, 0.2) is 36.5 Å². The third-order valence-corrected chi connectivity index (χ3v) is 2.55. The standard InChI is InChI=1S/C15H20N4O2/c1-11(2)21-14-7-8-17-15(19-14)18-9-10-20-13-6-4-3-5-12(13)16/h3-8,11H,9-10,16H2,1-2H3,(H,17,18,19). The molecule has 6 heteroatoms. The lowest BCUT2D eigenvalue weighted by Crippen LogP contribution is -2.14. The van der Waals surface area contributed by atoms with Crippen LogP contribution in [0.2, 0.25) is 0 Å². The third-order valence-electron chi connectivity index (χ3n) is 2.55. The molecule has 3 N–H and O–H groups in total. The highest BCUT2D eigenvalue weighted by Crippen LogP contribution is 2.19. The second kappa shape index (κ2) is 7.33. The maximum Gasteiger partial charge on any atom is 0.226 e. The van der Waals surface area contributed by atoms with E-state index < -0.39 is 0 Å². The third kappa shape index (κ3) is 4.83. The summed E-state index contributed by atoms with van der Waals surface area (Å²) in [7, 11) is 0. The normalized spacial score (nSPS) is 10.4. The first-order chi connectivity index (χ1) is 10.1. The molecule has 0 bridgehead atoms. The van der Waals surface area contributed by atoms with Gasteiger partial charge in [0.25, 0.3) is 0 Å². The zero-order valence-corrected chi connectivity index (χ0v) is 12.2. The number of rotatable bonds is 7. The van der Waals surface area contributed by atoms with Crippen molar-refractivity contribution in [2.24, 2.45) is 0 Å². The van der Waals surface area contributed by atoms with E-state index in [1.807, 2.05) is 32.0 Å². The van der Waals surface area contributed by atoms with Gasteiger partial charge in [-0.05, 0) is 26.0 Å². The molecular formula is C15H20N4O2. The molecule has 0 atom stereocenters. The number of nitrogen functional groups attached to an aromatic ring is 1. The Bertz CT molecular complexity index is 575. The summed E-state index contributed by atoms with van der Waals surface area (Å²) >= 11 is 0. The van der Waals surface area contributed by atoms with Crippen molar-refractivity contribution in [3.05, 3.63) is 36.5 Å². The van der Waals surface area contributed by atoms with E-state index in [-0.39, 0.29) is 6.10 Å². The first kappa shape index (κ1) is 14.9. The molecule has 1 heterocycles. The van der Waals surface area contributed by atoms with Crippen LogP contribution in [-0.4, -0.2) is 29.2 Å². The highest BCUT2D eigenvalue weighted by atomic mass is 16.5. The Hall–Kier alpha value is -2.50. The van der Waals surface area contributed by atoms with Crippen LogP contribution < -0.4 is 20.5 Å². The second-order valence-corrected chi connectivity index (χ2v) is 4.70. The number of benzene rings is 1. The van der Waals surface area contributed by atoms with Crippen LogP contribution in [-0.2, 0) is 0 Å². The number of para-hydroxylation sites is 2. The molecule has 2 rings (SSSR count). The van der Waals surface area contributed by atoms with Crippen LogP contribution in [0.4, 0.5) is 11.6 Å². The average Bonchev–Trinajstić information content (AvgIpc) is 2.45. The number of hydrogen-bond acceptors (Lipinski definition) is 6. The van der Waals surface area contributed by atoms with E-state index in [2.05, 4.69) is 15.3 Å². The van der Waals surface area contributed by atoms with E-state index >= 15 is 0 Å². The van der Waals surface area contributed by atoms with Crippen molar-refractivity contribution < 1.29 is 9.47 Å². The lowest BCUT2D eigenvalue weighted by molar-refractivity contribution is 0.232. The zero-order chi connectivity index (χ0) is 15.1. The topological polar surface area (TPSA) is 82.3 Å². The minimum absolute atomic E-state index is 0.0807. The molecule has 1 aromatic heterocycles. The summed E-state index contributed by atoms with van der Waals surface area (Å²) < 4.78 is 11.1. The predicted octanol–water partition coefficient (Wildman–Crippen LogP) is 2.34. The second-order valence-electron chi connectivity index (χ2n) is 4.70. The fourth-order valence-corrected chi connectivity index (χ4v) is 1.67.